The maximum Gasteiger partial charge on any atom is 0.172 e. The zero-order valence-corrected chi connectivity index (χ0v) is 20.0. The van der Waals surface area contributed by atoms with Crippen molar-refractivity contribution in [2.45, 2.75) is 37.8 Å². The fourth-order valence-corrected chi connectivity index (χ4v) is 6.35. The predicted molar refractivity (Wildman–Crippen MR) is 135 cm³/mol. The Morgan fingerprint density at radius 2 is 1.85 bits per heavy atom. The average Bonchev–Trinajstić information content (AvgIpc) is 2.89. The third-order valence-electron chi connectivity index (χ3n) is 8.29. The number of fused-ring (bicyclic) bond motifs is 3. The van der Waals surface area contributed by atoms with Crippen LogP contribution in [0.1, 0.15) is 25.7 Å². The Morgan fingerprint density at radius 1 is 0.971 bits per heavy atom. The van der Waals surface area contributed by atoms with Crippen LogP contribution in [0.2, 0.25) is 0 Å². The number of anilines is 2. The number of benzene rings is 1. The van der Waals surface area contributed by atoms with E-state index in [0.717, 1.165) is 60.9 Å². The third-order valence-corrected chi connectivity index (χ3v) is 8.29. The van der Waals surface area contributed by atoms with Crippen molar-refractivity contribution in [3.05, 3.63) is 30.3 Å². The first-order valence-corrected chi connectivity index (χ1v) is 13.1. The Balaban J connectivity index is 1.07. The molecule has 8 nitrogen and oxygen atoms in total. The molecule has 6 rings (SSSR count). The number of phenols is 1. The van der Waals surface area contributed by atoms with E-state index >= 15 is 0 Å². The molecule has 0 bridgehead atoms. The summed E-state index contributed by atoms with van der Waals surface area (Å²) in [5.41, 5.74) is 2.56. The molecule has 0 radical (unpaired) electrons. The lowest BCUT2D eigenvalue weighted by atomic mass is 9.93. The molecular weight excluding hydrogens is 426 g/mol. The van der Waals surface area contributed by atoms with Crippen LogP contribution in [0, 0.1) is 5.92 Å². The standard InChI is InChI=1S/C26H37N7O/c34-25-6-2-1-5-22(25)23-14-24-26(30-29-23)28-16-21-18-31(12-13-33(21)24)17-19-7-10-32(11-8-19)20-4-3-9-27-15-20/h1-2,5-6,14,19-21,27,34H,3-4,7-13,15-18H2,(H,28,30)/t20?,21-/m0/s1. The molecule has 1 aromatic heterocycles. The Hall–Kier alpha value is -2.42. The smallest absolute Gasteiger partial charge is 0.172 e. The van der Waals surface area contributed by atoms with Gasteiger partial charge in [0.05, 0.1) is 17.4 Å². The van der Waals surface area contributed by atoms with Gasteiger partial charge in [0.1, 0.15) is 5.75 Å². The number of hydrogen-bond donors (Lipinski definition) is 3. The van der Waals surface area contributed by atoms with E-state index < -0.39 is 0 Å². The maximum absolute atomic E-state index is 10.3. The van der Waals surface area contributed by atoms with Gasteiger partial charge in [-0.05, 0) is 69.4 Å². The summed E-state index contributed by atoms with van der Waals surface area (Å²) in [4.78, 5) is 7.93. The first kappa shape index (κ1) is 22.1. The normalized spacial score (nSPS) is 26.5. The molecule has 0 aliphatic carbocycles. The number of piperazine rings is 1. The number of hydrogen-bond acceptors (Lipinski definition) is 8. The predicted octanol–water partition coefficient (Wildman–Crippen LogP) is 2.23. The fraction of sp³-hybridized carbons (Fsp3) is 0.615. The lowest BCUT2D eigenvalue weighted by Gasteiger charge is -2.47. The van der Waals surface area contributed by atoms with Gasteiger partial charge in [-0.1, -0.05) is 12.1 Å². The molecule has 8 heteroatoms. The molecule has 34 heavy (non-hydrogen) atoms. The number of piperidine rings is 2. The molecule has 3 fully saturated rings. The summed E-state index contributed by atoms with van der Waals surface area (Å²) in [6.45, 7) is 10.2. The lowest BCUT2D eigenvalue weighted by molar-refractivity contribution is 0.0921. The lowest BCUT2D eigenvalue weighted by Crippen LogP contribution is -2.58. The van der Waals surface area contributed by atoms with E-state index in [1.165, 1.54) is 58.4 Å². The zero-order chi connectivity index (χ0) is 22.9. The van der Waals surface area contributed by atoms with Gasteiger partial charge < -0.3 is 20.6 Å². The zero-order valence-electron chi connectivity index (χ0n) is 20.0. The SMILES string of the molecule is Oc1ccccc1-c1cc2c(nn1)NC[C@H]1CN(CC3CCN(C4CCCNC4)CC3)CCN21. The van der Waals surface area contributed by atoms with Gasteiger partial charge in [-0.2, -0.15) is 0 Å². The highest BCUT2D eigenvalue weighted by atomic mass is 16.3. The van der Waals surface area contributed by atoms with E-state index in [2.05, 4.69) is 41.6 Å². The number of rotatable bonds is 4. The van der Waals surface area contributed by atoms with E-state index in [1.807, 2.05) is 18.2 Å². The number of nitrogens with zero attached hydrogens (tertiary/aromatic N) is 5. The molecule has 1 unspecified atom stereocenters. The van der Waals surface area contributed by atoms with Gasteiger partial charge in [0, 0.05) is 50.9 Å². The molecule has 0 spiro atoms. The van der Waals surface area contributed by atoms with Crippen molar-refractivity contribution in [2.75, 3.05) is 69.1 Å². The second-order valence-corrected chi connectivity index (χ2v) is 10.4. The number of phenolic OH excluding ortho intramolecular Hbond substituents is 1. The van der Waals surface area contributed by atoms with Crippen LogP contribution in [0.3, 0.4) is 0 Å². The number of aromatic hydroxyl groups is 1. The quantitative estimate of drug-likeness (QED) is 0.637. The second kappa shape index (κ2) is 9.68. The van der Waals surface area contributed by atoms with Gasteiger partial charge in [0.2, 0.25) is 0 Å². The van der Waals surface area contributed by atoms with Crippen LogP contribution in [-0.4, -0.2) is 96.1 Å². The number of nitrogens with one attached hydrogen (secondary N) is 2. The van der Waals surface area contributed by atoms with Crippen molar-refractivity contribution in [1.82, 2.24) is 25.3 Å². The van der Waals surface area contributed by atoms with Gasteiger partial charge in [0.15, 0.2) is 5.82 Å². The van der Waals surface area contributed by atoms with Crippen LogP contribution in [0.15, 0.2) is 30.3 Å². The maximum atomic E-state index is 10.3. The summed E-state index contributed by atoms with van der Waals surface area (Å²) in [7, 11) is 0. The van der Waals surface area contributed by atoms with Gasteiger partial charge in [-0.25, -0.2) is 0 Å². The molecule has 5 heterocycles. The van der Waals surface area contributed by atoms with Crippen molar-refractivity contribution in [1.29, 1.82) is 0 Å². The van der Waals surface area contributed by atoms with Crippen molar-refractivity contribution in [3.8, 4) is 17.0 Å². The highest BCUT2D eigenvalue weighted by molar-refractivity contribution is 5.76. The summed E-state index contributed by atoms with van der Waals surface area (Å²) in [6.07, 6.45) is 5.36. The summed E-state index contributed by atoms with van der Waals surface area (Å²) in [5.74, 6) is 1.92. The molecule has 3 saturated heterocycles. The second-order valence-electron chi connectivity index (χ2n) is 10.4. The van der Waals surface area contributed by atoms with Crippen LogP contribution in [0.5, 0.6) is 5.75 Å². The van der Waals surface area contributed by atoms with E-state index in [4.69, 9.17) is 0 Å². The molecule has 2 aromatic rings. The topological polar surface area (TPSA) is 79.8 Å². The number of para-hydroxylation sites is 1. The molecule has 3 N–H and O–H groups in total. The molecule has 182 valence electrons. The number of aromatic nitrogens is 2. The van der Waals surface area contributed by atoms with Crippen LogP contribution in [0.4, 0.5) is 11.5 Å². The largest absolute Gasteiger partial charge is 0.507 e. The molecule has 0 saturated carbocycles. The van der Waals surface area contributed by atoms with Crippen molar-refractivity contribution in [3.63, 3.8) is 0 Å². The minimum absolute atomic E-state index is 0.243. The first-order valence-electron chi connectivity index (χ1n) is 13.1. The van der Waals surface area contributed by atoms with Crippen LogP contribution >= 0.6 is 0 Å². The Kier molecular flexibility index (Phi) is 6.28. The Morgan fingerprint density at radius 3 is 2.68 bits per heavy atom. The monoisotopic (exact) mass is 463 g/mol. The van der Waals surface area contributed by atoms with E-state index in [9.17, 15) is 5.11 Å². The van der Waals surface area contributed by atoms with Gasteiger partial charge in [0.25, 0.3) is 0 Å². The Bertz CT molecular complexity index is 987. The third kappa shape index (κ3) is 4.46. The summed E-state index contributed by atoms with van der Waals surface area (Å²) < 4.78 is 0. The fourth-order valence-electron chi connectivity index (χ4n) is 6.35. The molecule has 4 aliphatic rings. The Labute approximate surface area is 202 Å². The van der Waals surface area contributed by atoms with Crippen molar-refractivity contribution in [2.24, 2.45) is 5.92 Å². The van der Waals surface area contributed by atoms with Crippen molar-refractivity contribution >= 4 is 11.5 Å². The van der Waals surface area contributed by atoms with Crippen LogP contribution in [0.25, 0.3) is 11.3 Å². The van der Waals surface area contributed by atoms with Gasteiger partial charge >= 0.3 is 0 Å². The minimum Gasteiger partial charge on any atom is -0.507 e. The highest BCUT2D eigenvalue weighted by Crippen LogP contribution is 2.36. The van der Waals surface area contributed by atoms with Crippen molar-refractivity contribution < 1.29 is 5.11 Å². The average molecular weight is 464 g/mol. The molecule has 1 aromatic carbocycles. The molecule has 4 aliphatic heterocycles. The highest BCUT2D eigenvalue weighted by Gasteiger charge is 2.34. The summed E-state index contributed by atoms with van der Waals surface area (Å²) >= 11 is 0. The minimum atomic E-state index is 0.243. The number of likely N-dealkylation sites (tertiary alicyclic amines) is 1. The summed E-state index contributed by atoms with van der Waals surface area (Å²) in [5, 5.41) is 26.2. The molecule has 2 atom stereocenters. The van der Waals surface area contributed by atoms with E-state index in [-0.39, 0.29) is 5.75 Å². The van der Waals surface area contributed by atoms with Crippen LogP contribution < -0.4 is 15.5 Å². The van der Waals surface area contributed by atoms with Gasteiger partial charge in [-0.3, -0.25) is 9.80 Å². The molecular formula is C26H37N7O. The van der Waals surface area contributed by atoms with E-state index in [0.29, 0.717) is 6.04 Å². The first-order chi connectivity index (χ1) is 16.7. The molecule has 0 amide bonds. The van der Waals surface area contributed by atoms with Gasteiger partial charge in [-0.15, -0.1) is 10.2 Å². The van der Waals surface area contributed by atoms with E-state index in [1.54, 1.807) is 6.07 Å². The van der Waals surface area contributed by atoms with Crippen LogP contribution in [-0.2, 0) is 0 Å². The summed E-state index contributed by atoms with van der Waals surface area (Å²) in [6, 6.07) is 10.6.